The maximum Gasteiger partial charge on any atom is 0.259 e. The van der Waals surface area contributed by atoms with Crippen molar-refractivity contribution < 1.29 is 9.59 Å². The van der Waals surface area contributed by atoms with E-state index in [-0.39, 0.29) is 11.8 Å². The second-order valence-electron chi connectivity index (χ2n) is 7.85. The van der Waals surface area contributed by atoms with Crippen LogP contribution in [0.15, 0.2) is 61.2 Å². The summed E-state index contributed by atoms with van der Waals surface area (Å²) in [5.41, 5.74) is 5.99. The Hall–Kier alpha value is -3.67. The zero-order valence-corrected chi connectivity index (χ0v) is 18.1. The highest BCUT2D eigenvalue weighted by Crippen LogP contribution is 2.32. The van der Waals surface area contributed by atoms with Crippen LogP contribution in [-0.2, 0) is 17.9 Å². The van der Waals surface area contributed by atoms with Crippen molar-refractivity contribution in [2.75, 3.05) is 0 Å². The summed E-state index contributed by atoms with van der Waals surface area (Å²) in [6, 6.07) is 16.8. The predicted molar refractivity (Wildman–Crippen MR) is 120 cm³/mol. The molecule has 6 nitrogen and oxygen atoms in total. The molecule has 1 aromatic heterocycles. The van der Waals surface area contributed by atoms with Crippen LogP contribution in [0, 0.1) is 13.8 Å². The van der Waals surface area contributed by atoms with Crippen LogP contribution in [0.1, 0.15) is 45.4 Å². The molecule has 2 heterocycles. The molecule has 0 saturated heterocycles. The third-order valence-electron chi connectivity index (χ3n) is 5.89. The summed E-state index contributed by atoms with van der Waals surface area (Å²) in [7, 11) is 0. The molecular formula is C25H26N4O2. The molecule has 3 aromatic rings. The van der Waals surface area contributed by atoms with Crippen molar-refractivity contribution >= 4 is 17.5 Å². The van der Waals surface area contributed by atoms with E-state index in [1.165, 1.54) is 10.5 Å². The van der Waals surface area contributed by atoms with E-state index in [1.807, 2.05) is 54.9 Å². The van der Waals surface area contributed by atoms with E-state index in [2.05, 4.69) is 29.1 Å². The first-order valence-corrected chi connectivity index (χ1v) is 10.3. The average Bonchev–Trinajstić information content (AvgIpc) is 3.19. The van der Waals surface area contributed by atoms with Gasteiger partial charge in [-0.05, 0) is 32.4 Å². The minimum Gasteiger partial charge on any atom is -0.350 e. The number of nitrogens with one attached hydrogen (secondary N) is 1. The molecule has 0 fully saturated rings. The van der Waals surface area contributed by atoms with Crippen LogP contribution < -0.4 is 5.32 Å². The van der Waals surface area contributed by atoms with E-state index < -0.39 is 6.04 Å². The van der Waals surface area contributed by atoms with Crippen LogP contribution in [0.4, 0.5) is 0 Å². The molecule has 1 aliphatic rings. The highest BCUT2D eigenvalue weighted by Gasteiger charge is 2.36. The minimum absolute atomic E-state index is 0.189. The van der Waals surface area contributed by atoms with E-state index in [9.17, 15) is 9.59 Å². The molecule has 0 spiro atoms. The molecule has 0 unspecified atom stereocenters. The first-order chi connectivity index (χ1) is 14.9. The fourth-order valence-corrected chi connectivity index (χ4v) is 4.05. The Bertz CT molecular complexity index is 1130. The van der Waals surface area contributed by atoms with Gasteiger partial charge in [0, 0.05) is 34.6 Å². The van der Waals surface area contributed by atoms with Crippen LogP contribution in [0.3, 0.4) is 0 Å². The first-order valence-electron chi connectivity index (χ1n) is 10.3. The smallest absolute Gasteiger partial charge is 0.259 e. The van der Waals surface area contributed by atoms with E-state index >= 15 is 0 Å². The molecule has 1 N–H and O–H groups in total. The second kappa shape index (κ2) is 8.22. The highest BCUT2D eigenvalue weighted by molar-refractivity contribution is 6.10. The third kappa shape index (κ3) is 3.77. The molecule has 0 aliphatic carbocycles. The third-order valence-corrected chi connectivity index (χ3v) is 5.89. The second-order valence-corrected chi connectivity index (χ2v) is 7.85. The van der Waals surface area contributed by atoms with Gasteiger partial charge < -0.3 is 5.32 Å². The summed E-state index contributed by atoms with van der Waals surface area (Å²) >= 11 is 0. The van der Waals surface area contributed by atoms with Gasteiger partial charge in [0.2, 0.25) is 5.91 Å². The van der Waals surface area contributed by atoms with Gasteiger partial charge in [0.15, 0.2) is 0 Å². The Kier molecular flexibility index (Phi) is 5.46. The van der Waals surface area contributed by atoms with Gasteiger partial charge >= 0.3 is 0 Å². The summed E-state index contributed by atoms with van der Waals surface area (Å²) in [4.78, 5) is 27.1. The molecular weight excluding hydrogens is 388 g/mol. The highest BCUT2D eigenvalue weighted by atomic mass is 16.2. The number of nitrogens with zero attached hydrogens (tertiary/aromatic N) is 3. The lowest BCUT2D eigenvalue weighted by molar-refractivity contribution is -0.124. The van der Waals surface area contributed by atoms with Crippen molar-refractivity contribution in [1.82, 2.24) is 20.0 Å². The number of fused-ring (bicyclic) bond motifs is 1. The molecule has 4 rings (SSSR count). The number of hydrogen-bond acceptors (Lipinski definition) is 3. The monoisotopic (exact) mass is 414 g/mol. The summed E-state index contributed by atoms with van der Waals surface area (Å²) in [5, 5.41) is 7.62. The van der Waals surface area contributed by atoms with Gasteiger partial charge in [0.1, 0.15) is 6.04 Å². The molecule has 31 heavy (non-hydrogen) atoms. The van der Waals surface area contributed by atoms with E-state index in [0.717, 1.165) is 22.5 Å². The Labute approximate surface area is 182 Å². The molecule has 2 aromatic carbocycles. The van der Waals surface area contributed by atoms with Gasteiger partial charge in [0.05, 0.1) is 12.2 Å². The topological polar surface area (TPSA) is 67.2 Å². The Morgan fingerprint density at radius 2 is 1.71 bits per heavy atom. The van der Waals surface area contributed by atoms with Gasteiger partial charge in [-0.3, -0.25) is 19.2 Å². The largest absolute Gasteiger partial charge is 0.350 e. The summed E-state index contributed by atoms with van der Waals surface area (Å²) < 4.78 is 1.96. The van der Waals surface area contributed by atoms with Crippen molar-refractivity contribution in [3.8, 4) is 0 Å². The van der Waals surface area contributed by atoms with Crippen LogP contribution >= 0.6 is 0 Å². The van der Waals surface area contributed by atoms with Crippen LogP contribution in [-0.4, -0.2) is 32.5 Å². The van der Waals surface area contributed by atoms with Crippen molar-refractivity contribution in [3.63, 3.8) is 0 Å². The number of rotatable bonds is 6. The summed E-state index contributed by atoms with van der Waals surface area (Å²) in [6.45, 7) is 10.8. The number of amides is 2. The van der Waals surface area contributed by atoms with Gasteiger partial charge in [-0.15, -0.1) is 0 Å². The van der Waals surface area contributed by atoms with Gasteiger partial charge in [-0.2, -0.15) is 5.10 Å². The maximum atomic E-state index is 12.9. The molecule has 1 aliphatic heterocycles. The molecule has 0 bridgehead atoms. The minimum atomic E-state index is -0.660. The molecule has 0 radical (unpaired) electrons. The van der Waals surface area contributed by atoms with E-state index in [1.54, 1.807) is 13.0 Å². The van der Waals surface area contributed by atoms with Crippen molar-refractivity contribution in [1.29, 1.82) is 0 Å². The van der Waals surface area contributed by atoms with E-state index in [4.69, 9.17) is 0 Å². The summed E-state index contributed by atoms with van der Waals surface area (Å²) in [6.07, 6.45) is 0. The average molecular weight is 415 g/mol. The molecule has 0 saturated carbocycles. The lowest BCUT2D eigenvalue weighted by atomic mass is 10.1. The van der Waals surface area contributed by atoms with Gasteiger partial charge in [-0.25, -0.2) is 0 Å². The quantitative estimate of drug-likeness (QED) is 0.669. The fourth-order valence-electron chi connectivity index (χ4n) is 4.05. The zero-order valence-electron chi connectivity index (χ0n) is 18.1. The lowest BCUT2D eigenvalue weighted by Gasteiger charge is -2.24. The zero-order chi connectivity index (χ0) is 22.1. The molecule has 2 amide bonds. The molecule has 158 valence electrons. The normalized spacial score (nSPS) is 14.0. The number of hydrogen-bond donors (Lipinski definition) is 1. The van der Waals surface area contributed by atoms with E-state index in [0.29, 0.717) is 24.4 Å². The first kappa shape index (κ1) is 20.6. The number of aromatic nitrogens is 2. The van der Waals surface area contributed by atoms with Crippen molar-refractivity contribution in [2.45, 2.75) is 39.9 Å². The standard InChI is InChI=1S/C25H26N4O2/c1-16-23(17(2)28(27-16)15-20-10-6-5-7-11-20)14-26-24(30)19(4)29-18(3)21-12-8-9-13-22(21)25(29)31/h5-13,19H,3,14-15H2,1-2,4H3,(H,26,30)/t19-/m1/s1. The van der Waals surface area contributed by atoms with Crippen LogP contribution in [0.25, 0.3) is 5.70 Å². The number of benzene rings is 2. The number of carbonyl (C=O) groups is 2. The molecule has 6 heteroatoms. The number of carbonyl (C=O) groups excluding carboxylic acids is 2. The summed E-state index contributed by atoms with van der Waals surface area (Å²) in [5.74, 6) is -0.414. The van der Waals surface area contributed by atoms with Crippen LogP contribution in [0.5, 0.6) is 0 Å². The van der Waals surface area contributed by atoms with Crippen molar-refractivity contribution in [3.05, 3.63) is 94.8 Å². The fraction of sp³-hybridized carbons (Fsp3) is 0.240. The Morgan fingerprint density at radius 1 is 1.06 bits per heavy atom. The SMILES string of the molecule is C=C1c2ccccc2C(=O)N1[C@H](C)C(=O)NCc1c(C)nn(Cc2ccccc2)c1C. The maximum absolute atomic E-state index is 12.9. The van der Waals surface area contributed by atoms with Crippen LogP contribution in [0.2, 0.25) is 0 Å². The lowest BCUT2D eigenvalue weighted by Crippen LogP contribution is -2.44. The van der Waals surface area contributed by atoms with Gasteiger partial charge in [0.25, 0.3) is 5.91 Å². The Morgan fingerprint density at radius 3 is 2.39 bits per heavy atom. The van der Waals surface area contributed by atoms with Crippen molar-refractivity contribution in [2.24, 2.45) is 0 Å². The Balaban J connectivity index is 1.45. The predicted octanol–water partition coefficient (Wildman–Crippen LogP) is 3.68. The molecule has 1 atom stereocenters. The van der Waals surface area contributed by atoms with Gasteiger partial charge in [-0.1, -0.05) is 55.1 Å². The number of aryl methyl sites for hydroxylation is 1.